The molecule has 0 fully saturated rings. The van der Waals surface area contributed by atoms with Crippen molar-refractivity contribution in [3.8, 4) is 0 Å². The minimum Gasteiger partial charge on any atom is -0.478 e. The smallest absolute Gasteiger partial charge is 0.331 e. The molecule has 118 valence electrons. The molecule has 0 amide bonds. The Balaban J connectivity index is 0. The fourth-order valence-electron chi connectivity index (χ4n) is 0.997. The van der Waals surface area contributed by atoms with Crippen molar-refractivity contribution in [1.29, 1.82) is 5.41 Å². The summed E-state index contributed by atoms with van der Waals surface area (Å²) in [5.41, 5.74) is 7.46. The molecule has 0 aliphatic heterocycles. The van der Waals surface area contributed by atoms with Gasteiger partial charge < -0.3 is 16.6 Å². The van der Waals surface area contributed by atoms with Gasteiger partial charge in [0.1, 0.15) is 0 Å². The Morgan fingerprint density at radius 1 is 1.19 bits per heavy atom. The van der Waals surface area contributed by atoms with Gasteiger partial charge in [0.2, 0.25) is 0 Å². The van der Waals surface area contributed by atoms with Gasteiger partial charge in [0.05, 0.1) is 5.56 Å². The molecule has 1 rings (SSSR count). The van der Waals surface area contributed by atoms with Crippen LogP contribution in [0.15, 0.2) is 11.6 Å². The van der Waals surface area contributed by atoms with E-state index < -0.39 is 40.4 Å². The topological polar surface area (TPSA) is 113 Å². The molecular weight excluding hydrogens is 318 g/mol. The zero-order valence-corrected chi connectivity index (χ0v) is 11.4. The van der Waals surface area contributed by atoms with Crippen molar-refractivity contribution < 1.29 is 27.5 Å². The van der Waals surface area contributed by atoms with Crippen LogP contribution in [0.5, 0.6) is 0 Å². The number of carboxylic acid groups (broad SMARTS) is 1. The van der Waals surface area contributed by atoms with E-state index >= 15 is 0 Å². The molecule has 10 heteroatoms. The van der Waals surface area contributed by atoms with Crippen LogP contribution in [-0.2, 0) is 4.79 Å². The monoisotopic (exact) mass is 329 g/mol. The van der Waals surface area contributed by atoms with Crippen LogP contribution in [0.4, 0.5) is 17.6 Å². The van der Waals surface area contributed by atoms with Crippen molar-refractivity contribution in [2.75, 3.05) is 0 Å². The Morgan fingerprint density at radius 3 is 1.81 bits per heavy atom. The number of hydrogen-bond acceptors (Lipinski definition) is 2. The number of nitrogens with one attached hydrogen (secondary N) is 1. The van der Waals surface area contributed by atoms with E-state index in [0.717, 1.165) is 6.92 Å². The average molecular weight is 330 g/mol. The zero-order chi connectivity index (χ0) is 16.0. The van der Waals surface area contributed by atoms with E-state index in [0.29, 0.717) is 6.08 Å². The lowest BCUT2D eigenvalue weighted by Gasteiger charge is -2.03. The fourth-order valence-corrected chi connectivity index (χ4v) is 0.997. The minimum atomic E-state index is -1.63. The Hall–Kier alpha value is -2.29. The Kier molecular flexibility index (Phi) is 8.80. The van der Waals surface area contributed by atoms with Gasteiger partial charge >= 0.3 is 5.97 Å². The molecule has 0 saturated heterocycles. The summed E-state index contributed by atoms with van der Waals surface area (Å²) in [6.07, 6.45) is 0.527. The molecule has 0 saturated carbocycles. The van der Waals surface area contributed by atoms with Crippen LogP contribution in [-0.4, -0.2) is 17.0 Å². The SMILES string of the molecule is C/C(=C\c1c(F)c(F)cc(F)c1F)C(=O)O.Cl.N=C(N)N. The van der Waals surface area contributed by atoms with Crippen LogP contribution in [0.1, 0.15) is 12.5 Å². The lowest BCUT2D eigenvalue weighted by atomic mass is 10.1. The predicted molar refractivity (Wildman–Crippen MR) is 70.9 cm³/mol. The quantitative estimate of drug-likeness (QED) is 0.218. The van der Waals surface area contributed by atoms with E-state index in [-0.39, 0.29) is 24.4 Å². The molecule has 0 aromatic heterocycles. The molecule has 5 nitrogen and oxygen atoms in total. The summed E-state index contributed by atoms with van der Waals surface area (Å²) >= 11 is 0. The molecule has 1 aromatic carbocycles. The van der Waals surface area contributed by atoms with Gasteiger partial charge in [0.15, 0.2) is 29.2 Å². The highest BCUT2D eigenvalue weighted by molar-refractivity contribution is 5.91. The minimum absolute atomic E-state index is 0. The van der Waals surface area contributed by atoms with Crippen molar-refractivity contribution >= 4 is 30.4 Å². The molecule has 6 N–H and O–H groups in total. The molecule has 0 radical (unpaired) electrons. The van der Waals surface area contributed by atoms with E-state index in [9.17, 15) is 22.4 Å². The lowest BCUT2D eigenvalue weighted by Crippen LogP contribution is -2.20. The number of guanidine groups is 1. The molecule has 0 bridgehead atoms. The van der Waals surface area contributed by atoms with Gasteiger partial charge in [0.25, 0.3) is 0 Å². The number of rotatable bonds is 2. The highest BCUT2D eigenvalue weighted by Gasteiger charge is 2.18. The summed E-state index contributed by atoms with van der Waals surface area (Å²) in [4.78, 5) is 10.4. The van der Waals surface area contributed by atoms with E-state index in [1.54, 1.807) is 0 Å². The van der Waals surface area contributed by atoms with Gasteiger partial charge in [-0.05, 0) is 13.0 Å². The number of hydrogen-bond donors (Lipinski definition) is 4. The third kappa shape index (κ3) is 6.61. The van der Waals surface area contributed by atoms with Crippen LogP contribution in [0, 0.1) is 28.7 Å². The van der Waals surface area contributed by atoms with Crippen molar-refractivity contribution in [3.05, 3.63) is 40.5 Å². The number of carbonyl (C=O) groups is 1. The van der Waals surface area contributed by atoms with Crippen LogP contribution < -0.4 is 11.5 Å². The maximum Gasteiger partial charge on any atom is 0.331 e. The Labute approximate surface area is 123 Å². The Bertz CT molecular complexity index is 549. The van der Waals surface area contributed by atoms with Crippen molar-refractivity contribution in [3.63, 3.8) is 0 Å². The predicted octanol–water partition coefficient (Wildman–Crippen LogP) is 1.99. The molecule has 0 heterocycles. The second kappa shape index (κ2) is 8.80. The van der Waals surface area contributed by atoms with E-state index in [2.05, 4.69) is 11.5 Å². The molecule has 0 spiro atoms. The number of halogens is 5. The number of nitrogens with two attached hydrogens (primary N) is 2. The summed E-state index contributed by atoms with van der Waals surface area (Å²) in [5.74, 6) is -8.19. The summed E-state index contributed by atoms with van der Waals surface area (Å²) in [7, 11) is 0. The lowest BCUT2D eigenvalue weighted by molar-refractivity contribution is -0.132. The third-order valence-electron chi connectivity index (χ3n) is 1.84. The highest BCUT2D eigenvalue weighted by Crippen LogP contribution is 2.21. The third-order valence-corrected chi connectivity index (χ3v) is 1.84. The van der Waals surface area contributed by atoms with Crippen LogP contribution in [0.25, 0.3) is 6.08 Å². The first-order chi connectivity index (χ1) is 9.07. The fraction of sp³-hybridized carbons (Fsp3) is 0.0909. The van der Waals surface area contributed by atoms with Gasteiger partial charge in [-0.1, -0.05) is 0 Å². The van der Waals surface area contributed by atoms with Gasteiger partial charge in [0, 0.05) is 11.6 Å². The second-order valence-electron chi connectivity index (χ2n) is 3.47. The van der Waals surface area contributed by atoms with E-state index in [1.807, 2.05) is 0 Å². The summed E-state index contributed by atoms with van der Waals surface area (Å²) < 4.78 is 51.5. The summed E-state index contributed by atoms with van der Waals surface area (Å²) in [6.45, 7) is 1.05. The normalized spacial score (nSPS) is 10.0. The highest BCUT2D eigenvalue weighted by atomic mass is 35.5. The standard InChI is InChI=1S/C10H6F4O2.CH5N3.ClH/c1-4(10(15)16)2-5-8(13)6(11)3-7(12)9(5)14;2-1(3)4;/h2-3H,1H3,(H,15,16);(H5,2,3,4);1H/b4-2+;;. The summed E-state index contributed by atoms with van der Waals surface area (Å²) in [6, 6.07) is 0.0537. The first-order valence-corrected chi connectivity index (χ1v) is 4.92. The second-order valence-corrected chi connectivity index (χ2v) is 3.47. The first kappa shape index (κ1) is 21.0. The number of aliphatic carboxylic acids is 1. The maximum atomic E-state index is 13.0. The van der Waals surface area contributed by atoms with Crippen molar-refractivity contribution in [2.24, 2.45) is 11.5 Å². The van der Waals surface area contributed by atoms with E-state index in [1.165, 1.54) is 0 Å². The molecule has 0 aliphatic rings. The van der Waals surface area contributed by atoms with Gasteiger partial charge in [-0.15, -0.1) is 12.4 Å². The number of benzene rings is 1. The van der Waals surface area contributed by atoms with Crippen molar-refractivity contribution in [2.45, 2.75) is 6.92 Å². The molecular formula is C11H12ClF4N3O2. The van der Waals surface area contributed by atoms with Crippen LogP contribution >= 0.6 is 12.4 Å². The zero-order valence-electron chi connectivity index (χ0n) is 10.6. The maximum absolute atomic E-state index is 13.0. The molecule has 0 aliphatic carbocycles. The van der Waals surface area contributed by atoms with Crippen LogP contribution in [0.2, 0.25) is 0 Å². The van der Waals surface area contributed by atoms with Gasteiger partial charge in [-0.2, -0.15) is 0 Å². The average Bonchev–Trinajstić information content (AvgIpc) is 2.31. The van der Waals surface area contributed by atoms with Gasteiger partial charge in [-0.25, -0.2) is 22.4 Å². The van der Waals surface area contributed by atoms with Gasteiger partial charge in [-0.3, -0.25) is 5.41 Å². The summed E-state index contributed by atoms with van der Waals surface area (Å²) in [5, 5.41) is 14.5. The molecule has 0 atom stereocenters. The molecule has 0 unspecified atom stereocenters. The Morgan fingerprint density at radius 2 is 1.52 bits per heavy atom. The van der Waals surface area contributed by atoms with E-state index in [4.69, 9.17) is 10.5 Å². The number of carboxylic acids is 1. The first-order valence-electron chi connectivity index (χ1n) is 4.92. The largest absolute Gasteiger partial charge is 0.478 e. The van der Waals surface area contributed by atoms with Crippen LogP contribution in [0.3, 0.4) is 0 Å². The molecule has 1 aromatic rings. The van der Waals surface area contributed by atoms with Crippen molar-refractivity contribution in [1.82, 2.24) is 0 Å². The molecule has 21 heavy (non-hydrogen) atoms.